The Labute approximate surface area is 80.9 Å². The van der Waals surface area contributed by atoms with Crippen LogP contribution in [0.25, 0.3) is 0 Å². The molecule has 0 atom stereocenters. The van der Waals surface area contributed by atoms with Gasteiger partial charge in [0.05, 0.1) is 0 Å². The molecule has 0 spiro atoms. The first-order valence-electron chi connectivity index (χ1n) is 5.20. The molecule has 0 radical (unpaired) electrons. The third kappa shape index (κ3) is 3.77. The fraction of sp³-hybridized carbons (Fsp3) is 1.00. The number of hydrogen-bond donors (Lipinski definition) is 1. The number of halogens is 1. The summed E-state index contributed by atoms with van der Waals surface area (Å²) >= 11 is 5.87. The smallest absolute Gasteiger partial charge is 0.0365 e. The van der Waals surface area contributed by atoms with Crippen LogP contribution in [-0.4, -0.2) is 18.0 Å². The van der Waals surface area contributed by atoms with Gasteiger partial charge in [-0.25, -0.2) is 0 Å². The van der Waals surface area contributed by atoms with Gasteiger partial charge in [0, 0.05) is 11.4 Å². The van der Waals surface area contributed by atoms with E-state index >= 15 is 0 Å². The van der Waals surface area contributed by atoms with Crippen molar-refractivity contribution in [1.82, 2.24) is 5.32 Å². The molecular weight excluding hydrogens is 170 g/mol. The van der Waals surface area contributed by atoms with Gasteiger partial charge in [0.15, 0.2) is 0 Å². The van der Waals surface area contributed by atoms with Gasteiger partial charge in [0.2, 0.25) is 0 Å². The Morgan fingerprint density at radius 3 is 2.58 bits per heavy atom. The largest absolute Gasteiger partial charge is 0.314 e. The minimum Gasteiger partial charge on any atom is -0.314 e. The molecule has 0 unspecified atom stereocenters. The van der Waals surface area contributed by atoms with Crippen molar-refractivity contribution in [3.05, 3.63) is 0 Å². The van der Waals surface area contributed by atoms with Crippen LogP contribution < -0.4 is 5.32 Å². The number of rotatable bonds is 6. The lowest BCUT2D eigenvalue weighted by Crippen LogP contribution is -2.42. The summed E-state index contributed by atoms with van der Waals surface area (Å²) < 4.78 is 0. The van der Waals surface area contributed by atoms with Gasteiger partial charge in [-0.2, -0.15) is 0 Å². The van der Waals surface area contributed by atoms with E-state index in [-0.39, 0.29) is 0 Å². The lowest BCUT2D eigenvalue weighted by molar-refractivity contribution is 0.344. The van der Waals surface area contributed by atoms with Crippen LogP contribution in [-0.2, 0) is 0 Å². The van der Waals surface area contributed by atoms with Gasteiger partial charge in [0.1, 0.15) is 0 Å². The van der Waals surface area contributed by atoms with E-state index in [1.54, 1.807) is 0 Å². The third-order valence-corrected chi connectivity index (χ3v) is 2.90. The van der Waals surface area contributed by atoms with Crippen molar-refractivity contribution in [2.75, 3.05) is 6.54 Å². The molecule has 1 aliphatic carbocycles. The van der Waals surface area contributed by atoms with Crippen LogP contribution in [0.3, 0.4) is 0 Å². The van der Waals surface area contributed by atoms with Crippen LogP contribution in [0, 0.1) is 0 Å². The standard InChI is InChI=1S/C10H20ClN/c1-2-3-4-5-6-12-10-7-9(11)8-10/h9-10,12H,2-8H2,1H3. The van der Waals surface area contributed by atoms with E-state index in [0.29, 0.717) is 5.38 Å². The first kappa shape index (κ1) is 10.3. The molecular formula is C10H20ClN. The van der Waals surface area contributed by atoms with Crippen LogP contribution in [0.1, 0.15) is 45.4 Å². The van der Waals surface area contributed by atoms with Gasteiger partial charge in [0.25, 0.3) is 0 Å². The van der Waals surface area contributed by atoms with E-state index in [4.69, 9.17) is 11.6 Å². The molecule has 72 valence electrons. The highest BCUT2D eigenvalue weighted by molar-refractivity contribution is 6.21. The van der Waals surface area contributed by atoms with Gasteiger partial charge in [-0.05, 0) is 25.8 Å². The summed E-state index contributed by atoms with van der Waals surface area (Å²) in [4.78, 5) is 0. The van der Waals surface area contributed by atoms with Crippen molar-refractivity contribution < 1.29 is 0 Å². The second kappa shape index (κ2) is 5.82. The van der Waals surface area contributed by atoms with Crippen molar-refractivity contribution in [2.45, 2.75) is 56.9 Å². The monoisotopic (exact) mass is 189 g/mol. The van der Waals surface area contributed by atoms with Crippen LogP contribution in [0.2, 0.25) is 0 Å². The molecule has 12 heavy (non-hydrogen) atoms. The van der Waals surface area contributed by atoms with Crippen LogP contribution >= 0.6 is 11.6 Å². The molecule has 1 aliphatic rings. The SMILES string of the molecule is CCCCCCNC1CC(Cl)C1. The fourth-order valence-corrected chi connectivity index (χ4v) is 2.00. The third-order valence-electron chi connectivity index (χ3n) is 2.54. The molecule has 1 fully saturated rings. The van der Waals surface area contributed by atoms with E-state index in [0.717, 1.165) is 6.04 Å². The van der Waals surface area contributed by atoms with E-state index in [9.17, 15) is 0 Å². The second-order valence-electron chi connectivity index (χ2n) is 3.78. The molecule has 0 aromatic carbocycles. The Hall–Kier alpha value is 0.250. The van der Waals surface area contributed by atoms with Crippen LogP contribution in [0.15, 0.2) is 0 Å². The predicted octanol–water partition coefficient (Wildman–Crippen LogP) is 2.93. The quantitative estimate of drug-likeness (QED) is 0.501. The van der Waals surface area contributed by atoms with Crippen LogP contribution in [0.4, 0.5) is 0 Å². The van der Waals surface area contributed by atoms with Crippen molar-refractivity contribution in [3.8, 4) is 0 Å². The van der Waals surface area contributed by atoms with Crippen LogP contribution in [0.5, 0.6) is 0 Å². The molecule has 1 nitrogen and oxygen atoms in total. The highest BCUT2D eigenvalue weighted by atomic mass is 35.5. The van der Waals surface area contributed by atoms with E-state index in [2.05, 4.69) is 12.2 Å². The average Bonchev–Trinajstić information content (AvgIpc) is 2.00. The molecule has 1 rings (SSSR count). The number of nitrogens with one attached hydrogen (secondary N) is 1. The zero-order chi connectivity index (χ0) is 8.81. The van der Waals surface area contributed by atoms with Gasteiger partial charge >= 0.3 is 0 Å². The average molecular weight is 190 g/mol. The molecule has 0 amide bonds. The summed E-state index contributed by atoms with van der Waals surface area (Å²) in [5, 5.41) is 3.98. The van der Waals surface area contributed by atoms with Crippen molar-refractivity contribution in [1.29, 1.82) is 0 Å². The summed E-state index contributed by atoms with van der Waals surface area (Å²) in [6.45, 7) is 3.44. The topological polar surface area (TPSA) is 12.0 Å². The summed E-state index contributed by atoms with van der Waals surface area (Å²) in [5.41, 5.74) is 0. The van der Waals surface area contributed by atoms with Gasteiger partial charge in [-0.3, -0.25) is 0 Å². The lowest BCUT2D eigenvalue weighted by atomic mass is 9.92. The zero-order valence-corrected chi connectivity index (χ0v) is 8.74. The zero-order valence-electron chi connectivity index (χ0n) is 7.98. The summed E-state index contributed by atoms with van der Waals surface area (Å²) in [6, 6.07) is 0.731. The van der Waals surface area contributed by atoms with Gasteiger partial charge in [-0.15, -0.1) is 11.6 Å². The maximum absolute atomic E-state index is 5.87. The molecule has 0 aromatic heterocycles. The number of unbranched alkanes of at least 4 members (excludes halogenated alkanes) is 3. The first-order chi connectivity index (χ1) is 5.83. The fourth-order valence-electron chi connectivity index (χ4n) is 1.57. The molecule has 2 heteroatoms. The first-order valence-corrected chi connectivity index (χ1v) is 5.64. The normalized spacial score (nSPS) is 28.5. The van der Waals surface area contributed by atoms with E-state index in [1.165, 1.54) is 45.1 Å². The van der Waals surface area contributed by atoms with E-state index < -0.39 is 0 Å². The number of hydrogen-bond acceptors (Lipinski definition) is 1. The van der Waals surface area contributed by atoms with Crippen molar-refractivity contribution in [3.63, 3.8) is 0 Å². The maximum Gasteiger partial charge on any atom is 0.0365 e. The van der Waals surface area contributed by atoms with Gasteiger partial charge < -0.3 is 5.32 Å². The highest BCUT2D eigenvalue weighted by Crippen LogP contribution is 2.25. The Morgan fingerprint density at radius 1 is 1.25 bits per heavy atom. The predicted molar refractivity (Wildman–Crippen MR) is 54.8 cm³/mol. The minimum absolute atomic E-state index is 0.457. The Bertz CT molecular complexity index is 110. The Balaban J connectivity index is 1.77. The molecule has 0 heterocycles. The second-order valence-corrected chi connectivity index (χ2v) is 4.40. The Morgan fingerprint density at radius 2 is 2.00 bits per heavy atom. The van der Waals surface area contributed by atoms with Crippen molar-refractivity contribution >= 4 is 11.6 Å². The molecule has 0 saturated heterocycles. The molecule has 0 aromatic rings. The minimum atomic E-state index is 0.457. The maximum atomic E-state index is 5.87. The Kier molecular flexibility index (Phi) is 5.01. The van der Waals surface area contributed by atoms with E-state index in [1.807, 2.05) is 0 Å². The summed E-state index contributed by atoms with van der Waals surface area (Å²) in [5.74, 6) is 0. The molecule has 0 aliphatic heterocycles. The highest BCUT2D eigenvalue weighted by Gasteiger charge is 2.25. The lowest BCUT2D eigenvalue weighted by Gasteiger charge is -2.31. The number of alkyl halides is 1. The summed E-state index contributed by atoms with van der Waals surface area (Å²) in [6.07, 6.45) is 7.76. The van der Waals surface area contributed by atoms with Crippen molar-refractivity contribution in [2.24, 2.45) is 0 Å². The summed E-state index contributed by atoms with van der Waals surface area (Å²) in [7, 11) is 0. The van der Waals surface area contributed by atoms with Gasteiger partial charge in [-0.1, -0.05) is 26.2 Å². The molecule has 1 saturated carbocycles. The molecule has 1 N–H and O–H groups in total. The molecule has 0 bridgehead atoms.